The predicted molar refractivity (Wildman–Crippen MR) is 78.9 cm³/mol. The summed E-state index contributed by atoms with van der Waals surface area (Å²) >= 11 is 0. The van der Waals surface area contributed by atoms with Gasteiger partial charge >= 0.3 is 11.9 Å². The van der Waals surface area contributed by atoms with Gasteiger partial charge in [-0.1, -0.05) is 18.2 Å². The number of benzene rings is 1. The molecule has 0 aromatic heterocycles. The van der Waals surface area contributed by atoms with Crippen LogP contribution in [0.5, 0.6) is 5.75 Å². The minimum Gasteiger partial charge on any atom is -0.497 e. The SMILES string of the molecule is CCOC(=O)C/C=C(/C(=O)OCC)c1ccc(OC)cc1. The predicted octanol–water partition coefficient (Wildman–Crippen LogP) is 2.59. The third kappa shape index (κ3) is 5.30. The summed E-state index contributed by atoms with van der Waals surface area (Å²) in [7, 11) is 1.57. The fourth-order valence-electron chi connectivity index (χ4n) is 1.70. The zero-order chi connectivity index (χ0) is 15.7. The summed E-state index contributed by atoms with van der Waals surface area (Å²) < 4.78 is 14.9. The molecule has 5 heteroatoms. The van der Waals surface area contributed by atoms with Crippen LogP contribution in [0.3, 0.4) is 0 Å². The average molecular weight is 292 g/mol. The van der Waals surface area contributed by atoms with E-state index in [2.05, 4.69) is 0 Å². The van der Waals surface area contributed by atoms with Gasteiger partial charge < -0.3 is 14.2 Å². The molecule has 1 aromatic rings. The Balaban J connectivity index is 2.97. The first-order valence-corrected chi connectivity index (χ1v) is 6.79. The molecule has 0 saturated heterocycles. The topological polar surface area (TPSA) is 61.8 Å². The van der Waals surface area contributed by atoms with Crippen LogP contribution < -0.4 is 4.74 Å². The number of esters is 2. The molecule has 1 rings (SSSR count). The van der Waals surface area contributed by atoms with Crippen LogP contribution in [0.2, 0.25) is 0 Å². The van der Waals surface area contributed by atoms with Crippen LogP contribution in [-0.2, 0) is 19.1 Å². The molecule has 5 nitrogen and oxygen atoms in total. The Bertz CT molecular complexity index is 502. The molecule has 0 spiro atoms. The van der Waals surface area contributed by atoms with Gasteiger partial charge in [-0.25, -0.2) is 4.79 Å². The molecule has 0 heterocycles. The van der Waals surface area contributed by atoms with Crippen LogP contribution in [0.15, 0.2) is 30.3 Å². The van der Waals surface area contributed by atoms with Crippen molar-refractivity contribution in [1.29, 1.82) is 0 Å². The summed E-state index contributed by atoms with van der Waals surface area (Å²) in [5.74, 6) is -0.160. The van der Waals surface area contributed by atoms with Crippen LogP contribution in [0.1, 0.15) is 25.8 Å². The van der Waals surface area contributed by atoms with Gasteiger partial charge in [-0.2, -0.15) is 0 Å². The number of carbonyl (C=O) groups excluding carboxylic acids is 2. The van der Waals surface area contributed by atoms with Crippen LogP contribution in [-0.4, -0.2) is 32.3 Å². The first kappa shape index (κ1) is 16.8. The number of ether oxygens (including phenoxy) is 3. The Morgan fingerprint density at radius 1 is 1.05 bits per heavy atom. The fraction of sp³-hybridized carbons (Fsp3) is 0.375. The smallest absolute Gasteiger partial charge is 0.338 e. The van der Waals surface area contributed by atoms with Crippen LogP contribution in [0, 0.1) is 0 Å². The van der Waals surface area contributed by atoms with Gasteiger partial charge in [0.15, 0.2) is 0 Å². The van der Waals surface area contributed by atoms with E-state index in [4.69, 9.17) is 14.2 Å². The molecule has 0 atom stereocenters. The zero-order valence-corrected chi connectivity index (χ0v) is 12.5. The Kier molecular flexibility index (Phi) is 7.01. The third-order valence-electron chi connectivity index (χ3n) is 2.67. The Hall–Kier alpha value is -2.30. The first-order chi connectivity index (χ1) is 10.1. The monoisotopic (exact) mass is 292 g/mol. The number of rotatable bonds is 7. The van der Waals surface area contributed by atoms with Gasteiger partial charge in [0.2, 0.25) is 0 Å². The van der Waals surface area contributed by atoms with E-state index in [1.165, 1.54) is 6.08 Å². The van der Waals surface area contributed by atoms with Gasteiger partial charge in [0.25, 0.3) is 0 Å². The van der Waals surface area contributed by atoms with E-state index in [1.54, 1.807) is 45.2 Å². The lowest BCUT2D eigenvalue weighted by atomic mass is 10.0. The van der Waals surface area contributed by atoms with Crippen molar-refractivity contribution < 1.29 is 23.8 Å². The van der Waals surface area contributed by atoms with Crippen molar-refractivity contribution in [2.75, 3.05) is 20.3 Å². The second-order valence-corrected chi connectivity index (χ2v) is 4.08. The second-order valence-electron chi connectivity index (χ2n) is 4.08. The number of hydrogen-bond donors (Lipinski definition) is 0. The number of carbonyl (C=O) groups is 2. The third-order valence-corrected chi connectivity index (χ3v) is 2.67. The zero-order valence-electron chi connectivity index (χ0n) is 12.5. The summed E-state index contributed by atoms with van der Waals surface area (Å²) in [6.07, 6.45) is 1.55. The quantitative estimate of drug-likeness (QED) is 0.571. The minimum atomic E-state index is -0.466. The van der Waals surface area contributed by atoms with E-state index in [1.807, 2.05) is 0 Å². The molecule has 0 saturated carbocycles. The maximum absolute atomic E-state index is 12.0. The lowest BCUT2D eigenvalue weighted by Crippen LogP contribution is -2.09. The van der Waals surface area contributed by atoms with Crippen molar-refractivity contribution in [2.24, 2.45) is 0 Å². The van der Waals surface area contributed by atoms with Crippen molar-refractivity contribution in [3.63, 3.8) is 0 Å². The number of methoxy groups -OCH3 is 1. The molecular formula is C16H20O5. The van der Waals surface area contributed by atoms with Crippen LogP contribution in [0.4, 0.5) is 0 Å². The molecule has 0 bridgehead atoms. The molecule has 0 aliphatic rings. The second kappa shape index (κ2) is 8.79. The van der Waals surface area contributed by atoms with E-state index >= 15 is 0 Å². The summed E-state index contributed by atoms with van der Waals surface area (Å²) in [5.41, 5.74) is 1.01. The molecule has 0 aliphatic carbocycles. The molecule has 114 valence electrons. The van der Waals surface area contributed by atoms with E-state index in [9.17, 15) is 9.59 Å². The lowest BCUT2D eigenvalue weighted by Gasteiger charge is -2.08. The van der Waals surface area contributed by atoms with Gasteiger partial charge in [0, 0.05) is 0 Å². The summed E-state index contributed by atoms with van der Waals surface area (Å²) in [6.45, 7) is 4.04. The van der Waals surface area contributed by atoms with Crippen molar-refractivity contribution in [2.45, 2.75) is 20.3 Å². The van der Waals surface area contributed by atoms with Gasteiger partial charge in [-0.15, -0.1) is 0 Å². The highest BCUT2D eigenvalue weighted by atomic mass is 16.5. The van der Waals surface area contributed by atoms with E-state index < -0.39 is 5.97 Å². The van der Waals surface area contributed by atoms with Crippen molar-refractivity contribution >= 4 is 17.5 Å². The lowest BCUT2D eigenvalue weighted by molar-refractivity contribution is -0.142. The molecule has 0 fully saturated rings. The average Bonchev–Trinajstić information content (AvgIpc) is 2.48. The van der Waals surface area contributed by atoms with E-state index in [-0.39, 0.29) is 19.0 Å². The van der Waals surface area contributed by atoms with Crippen LogP contribution >= 0.6 is 0 Å². The van der Waals surface area contributed by atoms with E-state index in [0.717, 1.165) is 0 Å². The van der Waals surface area contributed by atoms with Crippen molar-refractivity contribution in [3.8, 4) is 5.75 Å². The Morgan fingerprint density at radius 3 is 2.19 bits per heavy atom. The maximum atomic E-state index is 12.0. The molecule has 0 radical (unpaired) electrons. The number of hydrogen-bond acceptors (Lipinski definition) is 5. The first-order valence-electron chi connectivity index (χ1n) is 6.79. The summed E-state index contributed by atoms with van der Waals surface area (Å²) in [4.78, 5) is 23.4. The molecule has 0 N–H and O–H groups in total. The fourth-order valence-corrected chi connectivity index (χ4v) is 1.70. The maximum Gasteiger partial charge on any atom is 0.338 e. The molecule has 0 amide bonds. The van der Waals surface area contributed by atoms with Gasteiger partial charge in [0.1, 0.15) is 5.75 Å². The van der Waals surface area contributed by atoms with Gasteiger partial charge in [0.05, 0.1) is 32.3 Å². The highest BCUT2D eigenvalue weighted by Crippen LogP contribution is 2.20. The summed E-state index contributed by atoms with van der Waals surface area (Å²) in [5, 5.41) is 0. The molecule has 0 unspecified atom stereocenters. The van der Waals surface area contributed by atoms with Gasteiger partial charge in [-0.3, -0.25) is 4.79 Å². The highest BCUT2D eigenvalue weighted by molar-refractivity contribution is 6.16. The largest absolute Gasteiger partial charge is 0.497 e. The minimum absolute atomic E-state index is 0.0218. The normalized spacial score (nSPS) is 10.9. The molecular weight excluding hydrogens is 272 g/mol. The summed E-state index contributed by atoms with van der Waals surface area (Å²) in [6, 6.07) is 6.97. The Morgan fingerprint density at radius 2 is 1.67 bits per heavy atom. The van der Waals surface area contributed by atoms with E-state index in [0.29, 0.717) is 23.5 Å². The Labute approximate surface area is 124 Å². The van der Waals surface area contributed by atoms with Crippen molar-refractivity contribution in [3.05, 3.63) is 35.9 Å². The van der Waals surface area contributed by atoms with Crippen molar-refractivity contribution in [1.82, 2.24) is 0 Å². The standard InChI is InChI=1S/C16H20O5/c1-4-20-15(17)11-10-14(16(18)21-5-2)12-6-8-13(19-3)9-7-12/h6-10H,4-5,11H2,1-3H3/b14-10+. The molecule has 21 heavy (non-hydrogen) atoms. The highest BCUT2D eigenvalue weighted by Gasteiger charge is 2.14. The van der Waals surface area contributed by atoms with Gasteiger partial charge in [-0.05, 0) is 31.5 Å². The van der Waals surface area contributed by atoms with Crippen LogP contribution in [0.25, 0.3) is 5.57 Å². The molecule has 0 aliphatic heterocycles. The molecule has 1 aromatic carbocycles.